The third-order valence-corrected chi connectivity index (χ3v) is 3.34. The van der Waals surface area contributed by atoms with Gasteiger partial charge in [0, 0.05) is 0 Å². The molecule has 4 nitrogen and oxygen atoms in total. The van der Waals surface area contributed by atoms with E-state index in [0.717, 1.165) is 11.1 Å². The third-order valence-electron chi connectivity index (χ3n) is 3.34. The van der Waals surface area contributed by atoms with Crippen molar-refractivity contribution in [3.63, 3.8) is 0 Å². The van der Waals surface area contributed by atoms with Crippen LogP contribution in [0.1, 0.15) is 45.7 Å². The highest BCUT2D eigenvalue weighted by molar-refractivity contribution is 5.88. The Morgan fingerprint density at radius 2 is 1.12 bits per heavy atom. The second-order valence-corrected chi connectivity index (χ2v) is 4.95. The molecule has 128 valence electrons. The zero-order valence-corrected chi connectivity index (χ0v) is 13.3. The van der Waals surface area contributed by atoms with Gasteiger partial charge in [-0.2, -0.15) is 0 Å². The minimum Gasteiger partial charge on any atom is -0.478 e. The molecule has 0 atom stereocenters. The summed E-state index contributed by atoms with van der Waals surface area (Å²) in [5.41, 5.74) is 1.06. The average molecular weight is 336 g/mol. The van der Waals surface area contributed by atoms with Gasteiger partial charge in [0.2, 0.25) is 0 Å². The van der Waals surface area contributed by atoms with Crippen molar-refractivity contribution in [1.29, 1.82) is 0 Å². The van der Waals surface area contributed by atoms with E-state index in [2.05, 4.69) is 0 Å². The van der Waals surface area contributed by atoms with E-state index in [1.165, 1.54) is 24.3 Å². The summed E-state index contributed by atoms with van der Waals surface area (Å²) in [6.07, 6.45) is 1.41. The molecule has 0 unspecified atom stereocenters. The molecule has 2 N–H and O–H groups in total. The van der Waals surface area contributed by atoms with Crippen LogP contribution in [0.5, 0.6) is 0 Å². The topological polar surface area (TPSA) is 74.6 Å². The normalized spacial score (nSPS) is 9.83. The van der Waals surface area contributed by atoms with Gasteiger partial charge in [0.25, 0.3) is 0 Å². The Kier molecular flexibility index (Phi) is 7.04. The van der Waals surface area contributed by atoms with Crippen molar-refractivity contribution in [2.75, 3.05) is 0 Å². The molecule has 24 heavy (non-hydrogen) atoms. The first kappa shape index (κ1) is 19.3. The summed E-state index contributed by atoms with van der Waals surface area (Å²) in [5, 5.41) is 17.0. The van der Waals surface area contributed by atoms with E-state index < -0.39 is 23.6 Å². The summed E-state index contributed by atoms with van der Waals surface area (Å²) in [5.74, 6) is -3.78. The molecule has 0 saturated carbocycles. The molecule has 2 rings (SSSR count). The predicted molar refractivity (Wildman–Crippen MR) is 85.5 cm³/mol. The second kappa shape index (κ2) is 8.76. The summed E-state index contributed by atoms with van der Waals surface area (Å²) < 4.78 is 25.8. The van der Waals surface area contributed by atoms with Gasteiger partial charge in [-0.3, -0.25) is 0 Å². The van der Waals surface area contributed by atoms with Crippen molar-refractivity contribution in [2.45, 2.75) is 26.7 Å². The van der Waals surface area contributed by atoms with Crippen molar-refractivity contribution in [3.8, 4) is 0 Å². The van der Waals surface area contributed by atoms with Gasteiger partial charge in [0.05, 0.1) is 11.1 Å². The van der Waals surface area contributed by atoms with Crippen LogP contribution in [-0.4, -0.2) is 22.2 Å². The Bertz CT molecular complexity index is 678. The van der Waals surface area contributed by atoms with Crippen LogP contribution in [-0.2, 0) is 12.8 Å². The molecule has 0 spiro atoms. The van der Waals surface area contributed by atoms with Crippen molar-refractivity contribution in [3.05, 3.63) is 70.3 Å². The molecular formula is C18H18F2O4. The fourth-order valence-electron chi connectivity index (χ4n) is 1.90. The van der Waals surface area contributed by atoms with Gasteiger partial charge in [-0.25, -0.2) is 18.4 Å². The highest BCUT2D eigenvalue weighted by Crippen LogP contribution is 2.11. The molecule has 2 aromatic carbocycles. The molecule has 0 bridgehead atoms. The summed E-state index contributed by atoms with van der Waals surface area (Å²) >= 11 is 0. The predicted octanol–water partition coefficient (Wildman–Crippen LogP) is 4.17. The molecule has 6 heteroatoms. The van der Waals surface area contributed by atoms with Crippen molar-refractivity contribution < 1.29 is 28.6 Å². The van der Waals surface area contributed by atoms with E-state index in [9.17, 15) is 18.4 Å². The van der Waals surface area contributed by atoms with E-state index in [1.807, 2.05) is 13.8 Å². The molecule has 2 aromatic rings. The SMILES string of the molecule is CCc1ccc(C(=O)O)c(F)c1.CCc1ccc(C(=O)O)c(F)c1. The van der Waals surface area contributed by atoms with Crippen LogP contribution in [0.4, 0.5) is 8.78 Å². The maximum Gasteiger partial charge on any atom is 0.338 e. The maximum atomic E-state index is 12.9. The first-order valence-electron chi connectivity index (χ1n) is 7.33. The minimum absolute atomic E-state index is 0.271. The van der Waals surface area contributed by atoms with Gasteiger partial charge in [-0.15, -0.1) is 0 Å². The number of halogens is 2. The number of rotatable bonds is 4. The number of carbonyl (C=O) groups is 2. The third kappa shape index (κ3) is 5.15. The molecule has 0 aliphatic rings. The number of carboxylic acids is 2. The molecule has 0 radical (unpaired) electrons. The number of carboxylic acid groups (broad SMARTS) is 2. The minimum atomic E-state index is -1.23. The first-order valence-corrected chi connectivity index (χ1v) is 7.33. The van der Waals surface area contributed by atoms with Gasteiger partial charge in [-0.05, 0) is 48.2 Å². The molecule has 0 heterocycles. The maximum absolute atomic E-state index is 12.9. The Morgan fingerprint density at radius 1 is 0.792 bits per heavy atom. The van der Waals surface area contributed by atoms with Crippen LogP contribution in [0, 0.1) is 11.6 Å². The van der Waals surface area contributed by atoms with Gasteiger partial charge >= 0.3 is 11.9 Å². The van der Waals surface area contributed by atoms with E-state index in [-0.39, 0.29) is 11.1 Å². The van der Waals surface area contributed by atoms with E-state index >= 15 is 0 Å². The van der Waals surface area contributed by atoms with Crippen LogP contribution in [0.2, 0.25) is 0 Å². The van der Waals surface area contributed by atoms with Crippen LogP contribution in [0.15, 0.2) is 36.4 Å². The second-order valence-electron chi connectivity index (χ2n) is 4.95. The highest BCUT2D eigenvalue weighted by Gasteiger charge is 2.09. The quantitative estimate of drug-likeness (QED) is 0.878. The van der Waals surface area contributed by atoms with Gasteiger partial charge in [0.1, 0.15) is 11.6 Å². The lowest BCUT2D eigenvalue weighted by Gasteiger charge is -1.99. The average Bonchev–Trinajstić information content (AvgIpc) is 2.54. The lowest BCUT2D eigenvalue weighted by atomic mass is 10.1. The van der Waals surface area contributed by atoms with Gasteiger partial charge in [0.15, 0.2) is 0 Å². The van der Waals surface area contributed by atoms with E-state index in [4.69, 9.17) is 10.2 Å². The summed E-state index contributed by atoms with van der Waals surface area (Å²) in [4.78, 5) is 20.8. The first-order chi connectivity index (χ1) is 11.3. The van der Waals surface area contributed by atoms with E-state index in [0.29, 0.717) is 12.8 Å². The zero-order chi connectivity index (χ0) is 18.3. The van der Waals surface area contributed by atoms with Crippen LogP contribution < -0.4 is 0 Å². The fraction of sp³-hybridized carbons (Fsp3) is 0.222. The Labute approximate surface area is 138 Å². The van der Waals surface area contributed by atoms with Gasteiger partial charge in [-0.1, -0.05) is 26.0 Å². The monoisotopic (exact) mass is 336 g/mol. The number of aromatic carboxylic acids is 2. The Morgan fingerprint density at radius 3 is 1.33 bits per heavy atom. The molecule has 0 saturated heterocycles. The van der Waals surface area contributed by atoms with Crippen molar-refractivity contribution in [2.24, 2.45) is 0 Å². The largest absolute Gasteiger partial charge is 0.478 e. The molecule has 0 aliphatic heterocycles. The molecular weight excluding hydrogens is 318 g/mol. The molecule has 0 amide bonds. The van der Waals surface area contributed by atoms with Crippen LogP contribution in [0.3, 0.4) is 0 Å². The standard InChI is InChI=1S/2C9H9FO2/c2*1-2-6-3-4-7(9(11)12)8(10)5-6/h2*3-5H,2H2,1H3,(H,11,12). The van der Waals surface area contributed by atoms with Gasteiger partial charge < -0.3 is 10.2 Å². The molecule has 0 fully saturated rings. The number of aryl methyl sites for hydroxylation is 2. The lowest BCUT2D eigenvalue weighted by molar-refractivity contribution is 0.0680. The summed E-state index contributed by atoms with van der Waals surface area (Å²) in [7, 11) is 0. The highest BCUT2D eigenvalue weighted by atomic mass is 19.1. The Hall–Kier alpha value is -2.76. The fourth-order valence-corrected chi connectivity index (χ4v) is 1.90. The molecule has 0 aliphatic carbocycles. The number of benzene rings is 2. The zero-order valence-electron chi connectivity index (χ0n) is 13.3. The lowest BCUT2D eigenvalue weighted by Crippen LogP contribution is -2.00. The van der Waals surface area contributed by atoms with Crippen molar-refractivity contribution >= 4 is 11.9 Å². The van der Waals surface area contributed by atoms with Crippen molar-refractivity contribution in [1.82, 2.24) is 0 Å². The van der Waals surface area contributed by atoms with Crippen LogP contribution in [0.25, 0.3) is 0 Å². The molecule has 0 aromatic heterocycles. The van der Waals surface area contributed by atoms with E-state index in [1.54, 1.807) is 12.1 Å². The summed E-state index contributed by atoms with van der Waals surface area (Å²) in [6, 6.07) is 8.32. The smallest absolute Gasteiger partial charge is 0.338 e. The Balaban J connectivity index is 0.000000240. The summed E-state index contributed by atoms with van der Waals surface area (Å²) in [6.45, 7) is 3.77. The number of hydrogen-bond donors (Lipinski definition) is 2. The number of hydrogen-bond acceptors (Lipinski definition) is 2. The van der Waals surface area contributed by atoms with Crippen LogP contribution >= 0.6 is 0 Å².